The van der Waals surface area contributed by atoms with E-state index in [-0.39, 0.29) is 5.41 Å². The van der Waals surface area contributed by atoms with Gasteiger partial charge < -0.3 is 4.90 Å². The number of aryl methyl sites for hydroxylation is 2. The van der Waals surface area contributed by atoms with Crippen molar-refractivity contribution in [2.24, 2.45) is 14.1 Å². The molecule has 0 amide bonds. The first kappa shape index (κ1) is 16.6. The second-order valence-corrected chi connectivity index (χ2v) is 7.58. The van der Waals surface area contributed by atoms with Gasteiger partial charge in [0.2, 0.25) is 0 Å². The first-order chi connectivity index (χ1) is 12.4. The lowest BCUT2D eigenvalue weighted by atomic mass is 9.84. The van der Waals surface area contributed by atoms with Crippen LogP contribution in [-0.4, -0.2) is 11.6 Å². The van der Waals surface area contributed by atoms with E-state index in [9.17, 15) is 0 Å². The third-order valence-corrected chi connectivity index (χ3v) is 5.73. The Morgan fingerprint density at radius 2 is 1.65 bits per heavy atom. The van der Waals surface area contributed by atoms with E-state index in [2.05, 4.69) is 116 Å². The van der Waals surface area contributed by atoms with Crippen molar-refractivity contribution in [1.82, 2.24) is 4.57 Å². The minimum absolute atomic E-state index is 0.0107. The third-order valence-electron chi connectivity index (χ3n) is 5.73. The highest BCUT2D eigenvalue weighted by Gasteiger charge is 2.37. The number of anilines is 1. The van der Waals surface area contributed by atoms with Crippen molar-refractivity contribution in [3.63, 3.8) is 0 Å². The predicted octanol–water partition coefficient (Wildman–Crippen LogP) is 4.33. The number of allylic oxidation sites excluding steroid dienone is 3. The van der Waals surface area contributed by atoms with Gasteiger partial charge in [-0.15, -0.1) is 0 Å². The van der Waals surface area contributed by atoms with Crippen molar-refractivity contribution in [2.45, 2.75) is 19.3 Å². The van der Waals surface area contributed by atoms with Crippen molar-refractivity contribution in [1.29, 1.82) is 0 Å². The molecule has 0 bridgehead atoms. The minimum atomic E-state index is 0.0107. The number of rotatable bonds is 2. The van der Waals surface area contributed by atoms with Crippen LogP contribution in [0, 0.1) is 0 Å². The Kier molecular flexibility index (Phi) is 3.76. The Labute approximate surface area is 155 Å². The number of para-hydroxylation sites is 3. The van der Waals surface area contributed by atoms with E-state index in [4.69, 9.17) is 0 Å². The molecule has 3 heteroatoms. The molecule has 1 aliphatic rings. The van der Waals surface area contributed by atoms with Gasteiger partial charge in [0, 0.05) is 29.9 Å². The molecule has 0 radical (unpaired) electrons. The van der Waals surface area contributed by atoms with Crippen LogP contribution < -0.4 is 9.47 Å². The van der Waals surface area contributed by atoms with Gasteiger partial charge in [-0.2, -0.15) is 0 Å². The molecule has 0 spiro atoms. The molecule has 1 aliphatic heterocycles. The van der Waals surface area contributed by atoms with Gasteiger partial charge in [0.25, 0.3) is 5.82 Å². The van der Waals surface area contributed by atoms with Gasteiger partial charge in [0.05, 0.1) is 14.1 Å². The predicted molar refractivity (Wildman–Crippen MR) is 109 cm³/mol. The smallest absolute Gasteiger partial charge is 0.281 e. The van der Waals surface area contributed by atoms with Crippen molar-refractivity contribution in [3.8, 4) is 0 Å². The number of imidazole rings is 1. The fourth-order valence-electron chi connectivity index (χ4n) is 4.25. The van der Waals surface area contributed by atoms with Crippen LogP contribution in [-0.2, 0) is 19.5 Å². The zero-order valence-electron chi connectivity index (χ0n) is 16.2. The summed E-state index contributed by atoms with van der Waals surface area (Å²) in [7, 11) is 6.40. The van der Waals surface area contributed by atoms with Crippen LogP contribution >= 0.6 is 0 Å². The highest BCUT2D eigenvalue weighted by atomic mass is 15.2. The molecular weight excluding hydrogens is 318 g/mol. The van der Waals surface area contributed by atoms with Crippen LogP contribution in [0.5, 0.6) is 0 Å². The largest absolute Gasteiger partial charge is 0.347 e. The average Bonchev–Trinajstić information content (AvgIpc) is 3.00. The number of fused-ring (bicyclic) bond motifs is 2. The van der Waals surface area contributed by atoms with E-state index in [1.54, 1.807) is 0 Å². The van der Waals surface area contributed by atoms with Crippen molar-refractivity contribution < 1.29 is 4.57 Å². The van der Waals surface area contributed by atoms with Gasteiger partial charge in [0.1, 0.15) is 0 Å². The van der Waals surface area contributed by atoms with E-state index in [1.165, 1.54) is 33.8 Å². The van der Waals surface area contributed by atoms with Crippen LogP contribution in [0.4, 0.5) is 5.69 Å². The number of likely N-dealkylation sites (N-methyl/N-ethyl adjacent to an activating group) is 1. The molecule has 0 fully saturated rings. The average molecular weight is 344 g/mol. The number of nitrogens with zero attached hydrogens (tertiary/aromatic N) is 3. The van der Waals surface area contributed by atoms with Crippen LogP contribution in [0.3, 0.4) is 0 Å². The Bertz CT molecular complexity index is 1010. The van der Waals surface area contributed by atoms with Crippen LogP contribution in [0.25, 0.3) is 17.1 Å². The van der Waals surface area contributed by atoms with Gasteiger partial charge in [-0.1, -0.05) is 50.3 Å². The summed E-state index contributed by atoms with van der Waals surface area (Å²) in [6, 6.07) is 17.2. The maximum Gasteiger partial charge on any atom is 0.281 e. The molecule has 4 rings (SSSR count). The first-order valence-corrected chi connectivity index (χ1v) is 9.08. The fourth-order valence-corrected chi connectivity index (χ4v) is 4.25. The minimum Gasteiger partial charge on any atom is -0.347 e. The van der Waals surface area contributed by atoms with Crippen molar-refractivity contribution >= 4 is 22.8 Å². The summed E-state index contributed by atoms with van der Waals surface area (Å²) in [5, 5.41) is 0. The molecule has 0 saturated carbocycles. The lowest BCUT2D eigenvalue weighted by Gasteiger charge is -2.23. The maximum atomic E-state index is 2.31. The molecule has 3 aromatic rings. The summed E-state index contributed by atoms with van der Waals surface area (Å²) in [5.74, 6) is 1.18. The number of hydrogen-bond acceptors (Lipinski definition) is 1. The first-order valence-electron chi connectivity index (χ1n) is 9.08. The SMILES string of the molecule is CN1/C(=C\C=C\c2n(C)c3ccccc3[n+]2C)C(C)(C)c2ccccc21. The Hall–Kier alpha value is -2.81. The van der Waals surface area contributed by atoms with Gasteiger partial charge in [-0.3, -0.25) is 0 Å². The maximum absolute atomic E-state index is 2.31. The molecular formula is C23H26N3+. The lowest BCUT2D eigenvalue weighted by Crippen LogP contribution is -2.30. The molecule has 2 heterocycles. The van der Waals surface area contributed by atoms with Gasteiger partial charge in [-0.25, -0.2) is 9.13 Å². The lowest BCUT2D eigenvalue weighted by molar-refractivity contribution is -0.647. The third kappa shape index (κ3) is 2.31. The molecule has 0 atom stereocenters. The Balaban J connectivity index is 1.73. The summed E-state index contributed by atoms with van der Waals surface area (Å²) >= 11 is 0. The van der Waals surface area contributed by atoms with Crippen LogP contribution in [0.2, 0.25) is 0 Å². The van der Waals surface area contributed by atoms with Gasteiger partial charge >= 0.3 is 0 Å². The molecule has 0 saturated heterocycles. The van der Waals surface area contributed by atoms with Gasteiger partial charge in [0.15, 0.2) is 11.0 Å². The highest BCUT2D eigenvalue weighted by molar-refractivity contribution is 5.74. The monoisotopic (exact) mass is 344 g/mol. The number of hydrogen-bond donors (Lipinski definition) is 0. The molecule has 0 N–H and O–H groups in total. The molecule has 2 aromatic carbocycles. The molecule has 1 aromatic heterocycles. The summed E-state index contributed by atoms with van der Waals surface area (Å²) in [6.07, 6.45) is 6.62. The fraction of sp³-hybridized carbons (Fsp3) is 0.261. The van der Waals surface area contributed by atoms with E-state index in [0.717, 1.165) is 0 Å². The normalized spacial score (nSPS) is 17.6. The summed E-state index contributed by atoms with van der Waals surface area (Å²) in [5.41, 5.74) is 6.50. The second kappa shape index (κ2) is 5.87. The molecule has 132 valence electrons. The highest BCUT2D eigenvalue weighted by Crippen LogP contribution is 2.46. The van der Waals surface area contributed by atoms with Crippen LogP contribution in [0.1, 0.15) is 25.2 Å². The van der Waals surface area contributed by atoms with E-state index < -0.39 is 0 Å². The number of aromatic nitrogens is 2. The zero-order valence-corrected chi connectivity index (χ0v) is 16.2. The molecule has 0 aliphatic carbocycles. The van der Waals surface area contributed by atoms with E-state index in [0.29, 0.717) is 0 Å². The van der Waals surface area contributed by atoms with Crippen LogP contribution in [0.15, 0.2) is 66.4 Å². The van der Waals surface area contributed by atoms with E-state index in [1.807, 2.05) is 0 Å². The van der Waals surface area contributed by atoms with Gasteiger partial charge in [-0.05, 0) is 29.8 Å². The quantitative estimate of drug-likeness (QED) is 0.630. The second-order valence-electron chi connectivity index (χ2n) is 7.58. The summed E-state index contributed by atoms with van der Waals surface area (Å²) in [4.78, 5) is 2.31. The molecule has 26 heavy (non-hydrogen) atoms. The number of benzene rings is 2. The molecule has 0 unspecified atom stereocenters. The Morgan fingerprint density at radius 1 is 0.962 bits per heavy atom. The topological polar surface area (TPSA) is 12.1 Å². The van der Waals surface area contributed by atoms with E-state index >= 15 is 0 Å². The summed E-state index contributed by atoms with van der Waals surface area (Å²) < 4.78 is 4.48. The molecule has 3 nitrogen and oxygen atoms in total. The van der Waals surface area contributed by atoms with Crippen molar-refractivity contribution in [3.05, 3.63) is 77.8 Å². The van der Waals surface area contributed by atoms with Crippen molar-refractivity contribution in [2.75, 3.05) is 11.9 Å². The Morgan fingerprint density at radius 3 is 2.38 bits per heavy atom. The standard InChI is InChI=1S/C23H26N3/c1-23(2)17-11-6-7-12-18(17)24(3)21(23)15-10-16-22-25(4)19-13-8-9-14-20(19)26(22)5/h6-16H,1-5H3/q+1. The zero-order chi connectivity index (χ0) is 18.5. The summed E-state index contributed by atoms with van der Waals surface area (Å²) in [6.45, 7) is 4.59.